The summed E-state index contributed by atoms with van der Waals surface area (Å²) in [7, 11) is 0. The lowest BCUT2D eigenvalue weighted by Gasteiger charge is -2.08. The SMILES string of the molecule is CCOc1ccc(CNC(=O)CCn2ncc3cccc(C)c32)cc1. The molecule has 1 aromatic heterocycles. The van der Waals surface area contributed by atoms with Crippen molar-refractivity contribution in [2.75, 3.05) is 6.61 Å². The van der Waals surface area contributed by atoms with E-state index in [9.17, 15) is 4.79 Å². The zero-order chi connectivity index (χ0) is 17.6. The van der Waals surface area contributed by atoms with E-state index in [1.165, 1.54) is 5.56 Å². The van der Waals surface area contributed by atoms with Crippen molar-refractivity contribution < 1.29 is 9.53 Å². The molecule has 0 unspecified atom stereocenters. The third kappa shape index (κ3) is 4.18. The third-order valence-corrected chi connectivity index (χ3v) is 4.14. The van der Waals surface area contributed by atoms with Crippen LogP contribution in [0.2, 0.25) is 0 Å². The van der Waals surface area contributed by atoms with E-state index < -0.39 is 0 Å². The van der Waals surface area contributed by atoms with Crippen LogP contribution in [0.1, 0.15) is 24.5 Å². The van der Waals surface area contributed by atoms with Crippen LogP contribution in [0.4, 0.5) is 0 Å². The van der Waals surface area contributed by atoms with Gasteiger partial charge in [-0.05, 0) is 37.1 Å². The van der Waals surface area contributed by atoms with Crippen molar-refractivity contribution in [2.24, 2.45) is 0 Å². The van der Waals surface area contributed by atoms with Gasteiger partial charge in [0.15, 0.2) is 0 Å². The number of rotatable bonds is 7. The highest BCUT2D eigenvalue weighted by molar-refractivity contribution is 5.82. The van der Waals surface area contributed by atoms with Gasteiger partial charge in [-0.1, -0.05) is 30.3 Å². The molecule has 130 valence electrons. The minimum absolute atomic E-state index is 0.0196. The van der Waals surface area contributed by atoms with Gasteiger partial charge in [0.25, 0.3) is 0 Å². The summed E-state index contributed by atoms with van der Waals surface area (Å²) < 4.78 is 7.32. The molecule has 0 saturated heterocycles. The van der Waals surface area contributed by atoms with Crippen LogP contribution in [-0.2, 0) is 17.9 Å². The number of fused-ring (bicyclic) bond motifs is 1. The Kier molecular flexibility index (Phi) is 5.33. The number of aromatic nitrogens is 2. The van der Waals surface area contributed by atoms with Crippen LogP contribution in [0.3, 0.4) is 0 Å². The molecule has 5 heteroatoms. The number of carbonyl (C=O) groups excluding carboxylic acids is 1. The Morgan fingerprint density at radius 2 is 2.00 bits per heavy atom. The normalized spacial score (nSPS) is 10.8. The fourth-order valence-electron chi connectivity index (χ4n) is 2.86. The highest BCUT2D eigenvalue weighted by Gasteiger charge is 2.07. The van der Waals surface area contributed by atoms with Gasteiger partial charge in [0, 0.05) is 18.4 Å². The Hall–Kier alpha value is -2.82. The van der Waals surface area contributed by atoms with E-state index in [0.29, 0.717) is 26.1 Å². The van der Waals surface area contributed by atoms with Crippen molar-refractivity contribution in [3.63, 3.8) is 0 Å². The van der Waals surface area contributed by atoms with Gasteiger partial charge in [-0.25, -0.2) is 0 Å². The fourth-order valence-corrected chi connectivity index (χ4v) is 2.86. The summed E-state index contributed by atoms with van der Waals surface area (Å²) in [6.07, 6.45) is 2.25. The Bertz CT molecular complexity index is 853. The number of benzene rings is 2. The molecule has 0 radical (unpaired) electrons. The van der Waals surface area contributed by atoms with Gasteiger partial charge in [-0.2, -0.15) is 5.10 Å². The average Bonchev–Trinajstić information content (AvgIpc) is 3.04. The number of hydrogen-bond acceptors (Lipinski definition) is 3. The maximum atomic E-state index is 12.1. The molecular formula is C20H23N3O2. The number of nitrogens with one attached hydrogen (secondary N) is 1. The Morgan fingerprint density at radius 3 is 2.76 bits per heavy atom. The fraction of sp³-hybridized carbons (Fsp3) is 0.300. The van der Waals surface area contributed by atoms with Crippen molar-refractivity contribution in [3.8, 4) is 5.75 Å². The zero-order valence-corrected chi connectivity index (χ0v) is 14.7. The van der Waals surface area contributed by atoms with Crippen LogP contribution < -0.4 is 10.1 Å². The molecule has 5 nitrogen and oxygen atoms in total. The van der Waals surface area contributed by atoms with Crippen LogP contribution in [0.5, 0.6) is 5.75 Å². The van der Waals surface area contributed by atoms with E-state index in [1.807, 2.05) is 54.2 Å². The third-order valence-electron chi connectivity index (χ3n) is 4.14. The van der Waals surface area contributed by atoms with Crippen molar-refractivity contribution in [2.45, 2.75) is 33.4 Å². The van der Waals surface area contributed by atoms with Crippen molar-refractivity contribution in [1.82, 2.24) is 15.1 Å². The van der Waals surface area contributed by atoms with Gasteiger partial charge in [0.05, 0.1) is 24.9 Å². The Morgan fingerprint density at radius 1 is 1.20 bits per heavy atom. The lowest BCUT2D eigenvalue weighted by atomic mass is 10.2. The summed E-state index contributed by atoms with van der Waals surface area (Å²) in [4.78, 5) is 12.1. The molecule has 0 atom stereocenters. The first kappa shape index (κ1) is 17.0. The molecular weight excluding hydrogens is 314 g/mol. The Labute approximate surface area is 147 Å². The maximum absolute atomic E-state index is 12.1. The number of para-hydroxylation sites is 1. The minimum Gasteiger partial charge on any atom is -0.494 e. The van der Waals surface area contributed by atoms with E-state index in [-0.39, 0.29) is 5.91 Å². The van der Waals surface area contributed by atoms with Crippen LogP contribution in [0.25, 0.3) is 10.9 Å². The molecule has 1 amide bonds. The number of nitrogens with zero attached hydrogens (tertiary/aromatic N) is 2. The van der Waals surface area contributed by atoms with Crippen LogP contribution >= 0.6 is 0 Å². The van der Waals surface area contributed by atoms with Crippen LogP contribution in [0, 0.1) is 6.92 Å². The highest BCUT2D eigenvalue weighted by Crippen LogP contribution is 2.18. The highest BCUT2D eigenvalue weighted by atomic mass is 16.5. The second kappa shape index (κ2) is 7.83. The molecule has 0 aliphatic carbocycles. The lowest BCUT2D eigenvalue weighted by Crippen LogP contribution is -2.24. The summed E-state index contributed by atoms with van der Waals surface area (Å²) in [6, 6.07) is 13.9. The van der Waals surface area contributed by atoms with Crippen molar-refractivity contribution in [3.05, 3.63) is 59.8 Å². The van der Waals surface area contributed by atoms with Gasteiger partial charge in [0.1, 0.15) is 5.75 Å². The van der Waals surface area contributed by atoms with E-state index in [0.717, 1.165) is 22.2 Å². The van der Waals surface area contributed by atoms with Gasteiger partial charge in [-0.15, -0.1) is 0 Å². The molecule has 0 saturated carbocycles. The number of carbonyl (C=O) groups is 1. The van der Waals surface area contributed by atoms with Gasteiger partial charge in [-0.3, -0.25) is 9.48 Å². The summed E-state index contributed by atoms with van der Waals surface area (Å²) in [6.45, 7) is 5.76. The van der Waals surface area contributed by atoms with Crippen LogP contribution in [-0.4, -0.2) is 22.3 Å². The Balaban J connectivity index is 1.52. The molecule has 0 spiro atoms. The molecule has 3 rings (SSSR count). The smallest absolute Gasteiger partial charge is 0.222 e. The quantitative estimate of drug-likeness (QED) is 0.718. The number of amides is 1. The number of hydrogen-bond donors (Lipinski definition) is 1. The molecule has 3 aromatic rings. The molecule has 0 aliphatic heterocycles. The first-order valence-electron chi connectivity index (χ1n) is 8.57. The zero-order valence-electron chi connectivity index (χ0n) is 14.7. The second-order valence-corrected chi connectivity index (χ2v) is 5.98. The van der Waals surface area contributed by atoms with Crippen molar-refractivity contribution in [1.29, 1.82) is 0 Å². The maximum Gasteiger partial charge on any atom is 0.222 e. The predicted molar refractivity (Wildman–Crippen MR) is 98.5 cm³/mol. The van der Waals surface area contributed by atoms with E-state index in [4.69, 9.17) is 4.74 Å². The topological polar surface area (TPSA) is 56.1 Å². The van der Waals surface area contributed by atoms with Crippen LogP contribution in [0.15, 0.2) is 48.7 Å². The predicted octanol–water partition coefficient (Wildman–Crippen LogP) is 3.45. The summed E-state index contributed by atoms with van der Waals surface area (Å²) in [5.74, 6) is 0.865. The van der Waals surface area contributed by atoms with E-state index in [2.05, 4.69) is 23.4 Å². The summed E-state index contributed by atoms with van der Waals surface area (Å²) in [5.41, 5.74) is 3.32. The number of ether oxygens (including phenoxy) is 1. The molecule has 0 aliphatic rings. The monoisotopic (exact) mass is 337 g/mol. The summed E-state index contributed by atoms with van der Waals surface area (Å²) in [5, 5.41) is 8.46. The molecule has 25 heavy (non-hydrogen) atoms. The molecule has 0 bridgehead atoms. The molecule has 2 aromatic carbocycles. The standard InChI is InChI=1S/C20H23N3O2/c1-3-25-18-9-7-16(8-10-18)13-21-19(24)11-12-23-20-15(2)5-4-6-17(20)14-22-23/h4-10,14H,3,11-13H2,1-2H3,(H,21,24). The minimum atomic E-state index is 0.0196. The van der Waals surface area contributed by atoms with E-state index >= 15 is 0 Å². The van der Waals surface area contributed by atoms with Crippen molar-refractivity contribution >= 4 is 16.8 Å². The van der Waals surface area contributed by atoms with Gasteiger partial charge in [0.2, 0.25) is 5.91 Å². The molecule has 1 heterocycles. The van der Waals surface area contributed by atoms with Gasteiger partial charge < -0.3 is 10.1 Å². The number of aryl methyl sites for hydroxylation is 2. The van der Waals surface area contributed by atoms with E-state index in [1.54, 1.807) is 0 Å². The summed E-state index contributed by atoms with van der Waals surface area (Å²) >= 11 is 0. The van der Waals surface area contributed by atoms with Gasteiger partial charge >= 0.3 is 0 Å². The molecule has 0 fully saturated rings. The average molecular weight is 337 g/mol. The first-order valence-corrected chi connectivity index (χ1v) is 8.57. The first-order chi connectivity index (χ1) is 12.2. The molecule has 1 N–H and O–H groups in total. The largest absolute Gasteiger partial charge is 0.494 e. The lowest BCUT2D eigenvalue weighted by molar-refractivity contribution is -0.121. The second-order valence-electron chi connectivity index (χ2n) is 5.98.